The topological polar surface area (TPSA) is 69.7 Å². The molecule has 2 heterocycles. The van der Waals surface area contributed by atoms with Crippen molar-refractivity contribution in [3.63, 3.8) is 0 Å². The summed E-state index contributed by atoms with van der Waals surface area (Å²) in [7, 11) is 3.22. The van der Waals surface area contributed by atoms with Gasteiger partial charge in [0.05, 0.1) is 37.1 Å². The number of benzene rings is 2. The largest absolute Gasteiger partial charge is 0.497 e. The number of amides is 1. The average molecular weight is 392 g/mol. The third-order valence-electron chi connectivity index (χ3n) is 5.16. The van der Waals surface area contributed by atoms with E-state index in [1.54, 1.807) is 14.2 Å². The Labute approximate surface area is 169 Å². The van der Waals surface area contributed by atoms with Crippen molar-refractivity contribution < 1.29 is 19.0 Å². The van der Waals surface area contributed by atoms with Gasteiger partial charge in [0.1, 0.15) is 11.5 Å². The SMILES string of the molecule is COc1ccc(-c2cc(C(=O)NC[C@@H]3CCCO3)c3ccccc3n2)c(OC)c1. The van der Waals surface area contributed by atoms with Gasteiger partial charge in [-0.2, -0.15) is 0 Å². The van der Waals surface area contributed by atoms with Crippen LogP contribution in [0.3, 0.4) is 0 Å². The lowest BCUT2D eigenvalue weighted by Gasteiger charge is -2.14. The molecule has 1 saturated heterocycles. The lowest BCUT2D eigenvalue weighted by molar-refractivity contribution is 0.0859. The van der Waals surface area contributed by atoms with Crippen molar-refractivity contribution in [1.82, 2.24) is 10.3 Å². The van der Waals surface area contributed by atoms with Crippen molar-refractivity contribution in [2.45, 2.75) is 18.9 Å². The monoisotopic (exact) mass is 392 g/mol. The summed E-state index contributed by atoms with van der Waals surface area (Å²) in [4.78, 5) is 17.8. The lowest BCUT2D eigenvalue weighted by atomic mass is 10.0. The van der Waals surface area contributed by atoms with Crippen LogP contribution in [0.2, 0.25) is 0 Å². The molecule has 1 aliphatic rings. The summed E-state index contributed by atoms with van der Waals surface area (Å²) in [6.07, 6.45) is 2.11. The van der Waals surface area contributed by atoms with Crippen LogP contribution in [0, 0.1) is 0 Å². The van der Waals surface area contributed by atoms with Gasteiger partial charge in [0.25, 0.3) is 5.91 Å². The number of nitrogens with one attached hydrogen (secondary N) is 1. The standard InChI is InChI=1S/C23H24N2O4/c1-27-15-9-10-18(22(12-15)28-2)21-13-19(17-7-3-4-8-20(17)25-21)23(26)24-14-16-6-5-11-29-16/h3-4,7-10,12-13,16H,5-6,11,14H2,1-2H3,(H,24,26)/t16-/m0/s1. The van der Waals surface area contributed by atoms with Gasteiger partial charge in [0.15, 0.2) is 0 Å². The fourth-order valence-corrected chi connectivity index (χ4v) is 3.62. The van der Waals surface area contributed by atoms with Gasteiger partial charge >= 0.3 is 0 Å². The molecule has 3 aromatic rings. The third kappa shape index (κ3) is 4.03. The van der Waals surface area contributed by atoms with Gasteiger partial charge in [0, 0.05) is 30.2 Å². The maximum absolute atomic E-state index is 13.0. The first kappa shape index (κ1) is 19.2. The molecule has 150 valence electrons. The highest BCUT2D eigenvalue weighted by Crippen LogP contribution is 2.34. The molecule has 0 aliphatic carbocycles. The van der Waals surface area contributed by atoms with Gasteiger partial charge in [-0.05, 0) is 37.1 Å². The van der Waals surface area contributed by atoms with Crippen molar-refractivity contribution in [3.05, 3.63) is 54.1 Å². The molecule has 1 N–H and O–H groups in total. The molecule has 2 aromatic carbocycles. The molecule has 1 fully saturated rings. The van der Waals surface area contributed by atoms with Gasteiger partial charge in [-0.3, -0.25) is 4.79 Å². The van der Waals surface area contributed by atoms with Crippen LogP contribution in [0.4, 0.5) is 0 Å². The summed E-state index contributed by atoms with van der Waals surface area (Å²) in [5.74, 6) is 1.20. The third-order valence-corrected chi connectivity index (χ3v) is 5.16. The van der Waals surface area contributed by atoms with E-state index in [1.165, 1.54) is 0 Å². The molecule has 0 unspecified atom stereocenters. The molecule has 6 heteroatoms. The quantitative estimate of drug-likeness (QED) is 0.690. The van der Waals surface area contributed by atoms with Crippen molar-refractivity contribution in [1.29, 1.82) is 0 Å². The smallest absolute Gasteiger partial charge is 0.252 e. The second-order valence-electron chi connectivity index (χ2n) is 6.98. The Morgan fingerprint density at radius 1 is 1.17 bits per heavy atom. The highest BCUT2D eigenvalue weighted by Gasteiger charge is 2.19. The first-order chi connectivity index (χ1) is 14.2. The van der Waals surface area contributed by atoms with Crippen LogP contribution < -0.4 is 14.8 Å². The molecule has 0 bridgehead atoms. The molecular weight excluding hydrogens is 368 g/mol. The van der Waals surface area contributed by atoms with Crippen LogP contribution >= 0.6 is 0 Å². The first-order valence-electron chi connectivity index (χ1n) is 9.71. The van der Waals surface area contributed by atoms with Crippen LogP contribution in [0.5, 0.6) is 11.5 Å². The van der Waals surface area contributed by atoms with Crippen molar-refractivity contribution in [2.75, 3.05) is 27.4 Å². The van der Waals surface area contributed by atoms with Crippen LogP contribution in [0.25, 0.3) is 22.2 Å². The number of hydrogen-bond acceptors (Lipinski definition) is 5. The molecule has 1 amide bonds. The maximum Gasteiger partial charge on any atom is 0.252 e. The highest BCUT2D eigenvalue weighted by molar-refractivity contribution is 6.07. The highest BCUT2D eigenvalue weighted by atomic mass is 16.5. The van der Waals surface area contributed by atoms with E-state index in [4.69, 9.17) is 19.2 Å². The number of carbonyl (C=O) groups is 1. The zero-order valence-electron chi connectivity index (χ0n) is 16.6. The normalized spacial score (nSPS) is 16.0. The summed E-state index contributed by atoms with van der Waals surface area (Å²) in [5.41, 5.74) is 2.81. The lowest BCUT2D eigenvalue weighted by Crippen LogP contribution is -2.31. The zero-order valence-corrected chi connectivity index (χ0v) is 16.6. The van der Waals surface area contributed by atoms with Gasteiger partial charge in [0.2, 0.25) is 0 Å². The fourth-order valence-electron chi connectivity index (χ4n) is 3.62. The summed E-state index contributed by atoms with van der Waals surface area (Å²) in [5, 5.41) is 3.83. The molecule has 0 radical (unpaired) electrons. The van der Waals surface area contributed by atoms with Crippen LogP contribution in [-0.2, 0) is 4.74 Å². The summed E-state index contributed by atoms with van der Waals surface area (Å²) in [6, 6.07) is 15.0. The number of aromatic nitrogens is 1. The number of pyridine rings is 1. The van der Waals surface area contributed by atoms with E-state index in [1.807, 2.05) is 48.5 Å². The van der Waals surface area contributed by atoms with Gasteiger partial charge < -0.3 is 19.5 Å². The van der Waals surface area contributed by atoms with Crippen LogP contribution in [0.1, 0.15) is 23.2 Å². The number of ether oxygens (including phenoxy) is 3. The van der Waals surface area contributed by atoms with E-state index in [-0.39, 0.29) is 12.0 Å². The van der Waals surface area contributed by atoms with E-state index < -0.39 is 0 Å². The van der Waals surface area contributed by atoms with E-state index in [0.717, 1.165) is 35.9 Å². The minimum Gasteiger partial charge on any atom is -0.497 e. The van der Waals surface area contributed by atoms with Crippen LogP contribution in [-0.4, -0.2) is 44.4 Å². The maximum atomic E-state index is 13.0. The average Bonchev–Trinajstić information content (AvgIpc) is 3.30. The minimum atomic E-state index is -0.132. The number of para-hydroxylation sites is 1. The molecule has 0 saturated carbocycles. The van der Waals surface area contributed by atoms with E-state index >= 15 is 0 Å². The minimum absolute atomic E-state index is 0.0909. The number of methoxy groups -OCH3 is 2. The number of hydrogen-bond donors (Lipinski definition) is 1. The molecule has 6 nitrogen and oxygen atoms in total. The van der Waals surface area contributed by atoms with Gasteiger partial charge in [-0.1, -0.05) is 18.2 Å². The molecule has 1 aliphatic heterocycles. The molecule has 4 rings (SSSR count). The first-order valence-corrected chi connectivity index (χ1v) is 9.71. The number of nitrogens with zero attached hydrogens (tertiary/aromatic N) is 1. The predicted octanol–water partition coefficient (Wildman–Crippen LogP) is 3.83. The molecule has 1 aromatic heterocycles. The summed E-state index contributed by atoms with van der Waals surface area (Å²) >= 11 is 0. The second kappa shape index (κ2) is 8.49. The summed E-state index contributed by atoms with van der Waals surface area (Å²) in [6.45, 7) is 1.27. The van der Waals surface area contributed by atoms with E-state index in [0.29, 0.717) is 29.3 Å². The molecule has 29 heavy (non-hydrogen) atoms. The Morgan fingerprint density at radius 2 is 2.03 bits per heavy atom. The van der Waals surface area contributed by atoms with E-state index in [2.05, 4.69) is 5.32 Å². The summed E-state index contributed by atoms with van der Waals surface area (Å²) < 4.78 is 16.4. The van der Waals surface area contributed by atoms with Crippen LogP contribution in [0.15, 0.2) is 48.5 Å². The van der Waals surface area contributed by atoms with Crippen molar-refractivity contribution in [3.8, 4) is 22.8 Å². The van der Waals surface area contributed by atoms with E-state index in [9.17, 15) is 4.79 Å². The van der Waals surface area contributed by atoms with Crippen molar-refractivity contribution in [2.24, 2.45) is 0 Å². The fraction of sp³-hybridized carbons (Fsp3) is 0.304. The Morgan fingerprint density at radius 3 is 2.79 bits per heavy atom. The Kier molecular flexibility index (Phi) is 5.62. The predicted molar refractivity (Wildman–Crippen MR) is 112 cm³/mol. The van der Waals surface area contributed by atoms with Gasteiger partial charge in [-0.25, -0.2) is 4.98 Å². The Bertz CT molecular complexity index is 1030. The second-order valence-corrected chi connectivity index (χ2v) is 6.98. The van der Waals surface area contributed by atoms with Crippen molar-refractivity contribution >= 4 is 16.8 Å². The van der Waals surface area contributed by atoms with Gasteiger partial charge in [-0.15, -0.1) is 0 Å². The number of fused-ring (bicyclic) bond motifs is 1. The zero-order chi connectivity index (χ0) is 20.2. The molecule has 1 atom stereocenters. The number of carbonyl (C=O) groups excluding carboxylic acids is 1. The number of rotatable bonds is 6. The Hall–Kier alpha value is -3.12. The Balaban J connectivity index is 1.73. The molecule has 0 spiro atoms. The molecular formula is C23H24N2O4.